The highest BCUT2D eigenvalue weighted by Gasteiger charge is 2.15. The zero-order valence-electron chi connectivity index (χ0n) is 9.54. The van der Waals surface area contributed by atoms with E-state index >= 15 is 0 Å². The number of aromatic nitrogens is 1. The molecule has 0 radical (unpaired) electrons. The molecule has 4 heteroatoms. The van der Waals surface area contributed by atoms with Gasteiger partial charge in [0.25, 0.3) is 0 Å². The summed E-state index contributed by atoms with van der Waals surface area (Å²) in [7, 11) is 0. The highest BCUT2D eigenvalue weighted by molar-refractivity contribution is 6.34. The van der Waals surface area contributed by atoms with E-state index in [0.717, 1.165) is 24.9 Å². The topological polar surface area (TPSA) is 22.0 Å². The van der Waals surface area contributed by atoms with Gasteiger partial charge in [0.15, 0.2) is 6.29 Å². The second-order valence-corrected chi connectivity index (χ2v) is 4.35. The monoisotopic (exact) mass is 253 g/mol. The number of rotatable bonds is 4. The number of halogens is 2. The molecule has 0 bridgehead atoms. The average molecular weight is 254 g/mol. The summed E-state index contributed by atoms with van der Waals surface area (Å²) in [5.74, 6) is -0.357. The molecule has 0 aliphatic rings. The Hall–Kier alpha value is -1.35. The van der Waals surface area contributed by atoms with E-state index in [9.17, 15) is 9.18 Å². The van der Waals surface area contributed by atoms with Crippen LogP contribution in [-0.4, -0.2) is 10.9 Å². The third-order valence-electron chi connectivity index (χ3n) is 2.85. The summed E-state index contributed by atoms with van der Waals surface area (Å²) in [6, 6.07) is 4.41. The van der Waals surface area contributed by atoms with Crippen molar-refractivity contribution in [3.05, 3.63) is 34.7 Å². The van der Waals surface area contributed by atoms with E-state index in [-0.39, 0.29) is 5.82 Å². The van der Waals surface area contributed by atoms with E-state index in [1.54, 1.807) is 6.07 Å². The van der Waals surface area contributed by atoms with Gasteiger partial charge in [-0.15, -0.1) is 0 Å². The van der Waals surface area contributed by atoms with Crippen LogP contribution in [0.25, 0.3) is 10.9 Å². The number of unbranched alkanes of at least 4 members (excludes halogenated alkanes) is 1. The lowest BCUT2D eigenvalue weighted by Gasteiger charge is -2.05. The molecule has 0 aliphatic carbocycles. The number of aldehydes is 1. The van der Waals surface area contributed by atoms with Crippen molar-refractivity contribution in [1.82, 2.24) is 4.57 Å². The van der Waals surface area contributed by atoms with E-state index < -0.39 is 0 Å². The molecule has 90 valence electrons. The second kappa shape index (κ2) is 4.88. The largest absolute Gasteiger partial charge is 0.331 e. The maximum atomic E-state index is 13.2. The molecule has 0 saturated carbocycles. The summed E-state index contributed by atoms with van der Waals surface area (Å²) in [6.45, 7) is 2.82. The van der Waals surface area contributed by atoms with E-state index in [0.29, 0.717) is 22.4 Å². The van der Waals surface area contributed by atoms with Gasteiger partial charge in [-0.05, 0) is 24.6 Å². The Morgan fingerprint density at radius 2 is 2.24 bits per heavy atom. The molecule has 2 nitrogen and oxygen atoms in total. The average Bonchev–Trinajstić information content (AvgIpc) is 2.57. The summed E-state index contributed by atoms with van der Waals surface area (Å²) in [6.07, 6.45) is 2.69. The van der Waals surface area contributed by atoms with Crippen molar-refractivity contribution < 1.29 is 9.18 Å². The van der Waals surface area contributed by atoms with Crippen molar-refractivity contribution in [2.24, 2.45) is 0 Å². The number of fused-ring (bicyclic) bond motifs is 1. The molecule has 0 N–H and O–H groups in total. The van der Waals surface area contributed by atoms with Crippen LogP contribution >= 0.6 is 11.6 Å². The van der Waals surface area contributed by atoms with Gasteiger partial charge >= 0.3 is 0 Å². The molecule has 0 saturated heterocycles. The first-order valence-electron chi connectivity index (χ1n) is 5.61. The maximum absolute atomic E-state index is 13.2. The first-order chi connectivity index (χ1) is 8.19. The minimum absolute atomic E-state index is 0.357. The normalized spacial score (nSPS) is 11.0. The third kappa shape index (κ3) is 2.07. The van der Waals surface area contributed by atoms with Crippen LogP contribution in [0.5, 0.6) is 0 Å². The van der Waals surface area contributed by atoms with Gasteiger partial charge in [-0.3, -0.25) is 4.79 Å². The van der Waals surface area contributed by atoms with Crippen LogP contribution in [0.2, 0.25) is 5.15 Å². The van der Waals surface area contributed by atoms with Crippen LogP contribution in [-0.2, 0) is 6.54 Å². The van der Waals surface area contributed by atoms with Gasteiger partial charge in [0.05, 0.1) is 11.1 Å². The Balaban J connectivity index is 2.66. The van der Waals surface area contributed by atoms with Crippen molar-refractivity contribution in [2.75, 3.05) is 0 Å². The van der Waals surface area contributed by atoms with Gasteiger partial charge in [-0.25, -0.2) is 4.39 Å². The van der Waals surface area contributed by atoms with Crippen LogP contribution in [0.3, 0.4) is 0 Å². The number of aryl methyl sites for hydroxylation is 1. The molecule has 0 spiro atoms. The summed E-state index contributed by atoms with van der Waals surface area (Å²) < 4.78 is 15.0. The minimum atomic E-state index is -0.357. The van der Waals surface area contributed by atoms with Crippen molar-refractivity contribution in [2.45, 2.75) is 26.3 Å². The summed E-state index contributed by atoms with van der Waals surface area (Å²) in [4.78, 5) is 11.0. The highest BCUT2D eigenvalue weighted by Crippen LogP contribution is 2.29. The predicted molar refractivity (Wildman–Crippen MR) is 67.2 cm³/mol. The molecule has 0 unspecified atom stereocenters. The molecule has 0 fully saturated rings. The molecule has 0 atom stereocenters. The first-order valence-corrected chi connectivity index (χ1v) is 5.99. The van der Waals surface area contributed by atoms with Gasteiger partial charge in [0.1, 0.15) is 11.0 Å². The van der Waals surface area contributed by atoms with Crippen LogP contribution in [0.1, 0.15) is 30.1 Å². The predicted octanol–water partition coefficient (Wildman–Crippen LogP) is 4.05. The number of nitrogens with zero attached hydrogens (tertiary/aromatic N) is 1. The zero-order valence-corrected chi connectivity index (χ0v) is 10.3. The quantitative estimate of drug-likeness (QED) is 0.754. The Morgan fingerprint density at radius 3 is 2.88 bits per heavy atom. The van der Waals surface area contributed by atoms with Gasteiger partial charge in [0.2, 0.25) is 0 Å². The molecule has 0 amide bonds. The summed E-state index contributed by atoms with van der Waals surface area (Å²) in [5, 5.41) is 0.982. The van der Waals surface area contributed by atoms with Gasteiger partial charge in [-0.2, -0.15) is 0 Å². The molecule has 1 aromatic heterocycles. The van der Waals surface area contributed by atoms with E-state index in [1.165, 1.54) is 12.1 Å². The minimum Gasteiger partial charge on any atom is -0.331 e. The van der Waals surface area contributed by atoms with Crippen LogP contribution in [0.15, 0.2) is 18.2 Å². The van der Waals surface area contributed by atoms with Crippen molar-refractivity contribution in [3.8, 4) is 0 Å². The van der Waals surface area contributed by atoms with Gasteiger partial charge in [0, 0.05) is 11.9 Å². The Bertz CT molecular complexity index is 562. The van der Waals surface area contributed by atoms with Crippen LogP contribution < -0.4 is 0 Å². The molecule has 2 aromatic rings. The smallest absolute Gasteiger partial charge is 0.153 e. The lowest BCUT2D eigenvalue weighted by atomic mass is 10.2. The fourth-order valence-corrected chi connectivity index (χ4v) is 2.29. The zero-order chi connectivity index (χ0) is 12.4. The number of hydrogen-bond acceptors (Lipinski definition) is 1. The summed E-state index contributed by atoms with van der Waals surface area (Å²) >= 11 is 6.15. The number of carbonyl (C=O) groups excluding carboxylic acids is 1. The molecule has 2 rings (SSSR count). The molecular weight excluding hydrogens is 241 g/mol. The Labute approximate surface area is 104 Å². The highest BCUT2D eigenvalue weighted by atomic mass is 35.5. The Morgan fingerprint density at radius 1 is 1.47 bits per heavy atom. The first kappa shape index (κ1) is 12.1. The van der Waals surface area contributed by atoms with E-state index in [1.807, 2.05) is 4.57 Å². The Kier molecular flexibility index (Phi) is 3.48. The third-order valence-corrected chi connectivity index (χ3v) is 3.26. The molecule has 0 aliphatic heterocycles. The lowest BCUT2D eigenvalue weighted by Crippen LogP contribution is -1.97. The van der Waals surface area contributed by atoms with Crippen molar-refractivity contribution in [3.63, 3.8) is 0 Å². The number of benzene rings is 1. The van der Waals surface area contributed by atoms with Crippen LogP contribution in [0, 0.1) is 5.82 Å². The van der Waals surface area contributed by atoms with Crippen LogP contribution in [0.4, 0.5) is 4.39 Å². The second-order valence-electron chi connectivity index (χ2n) is 3.99. The molecule has 1 heterocycles. The molecule has 1 aromatic carbocycles. The van der Waals surface area contributed by atoms with Gasteiger partial charge in [-0.1, -0.05) is 24.9 Å². The van der Waals surface area contributed by atoms with Gasteiger partial charge < -0.3 is 4.57 Å². The number of hydrogen-bond donors (Lipinski definition) is 0. The van der Waals surface area contributed by atoms with Crippen molar-refractivity contribution in [1.29, 1.82) is 0 Å². The number of carbonyl (C=O) groups is 1. The molecule has 17 heavy (non-hydrogen) atoms. The fraction of sp³-hybridized carbons (Fsp3) is 0.308. The SMILES string of the molecule is CCCCn1c(Cl)c(C=O)c2cc(F)ccc21. The van der Waals surface area contributed by atoms with Crippen molar-refractivity contribution >= 4 is 28.8 Å². The standard InChI is InChI=1S/C13H13ClFNO/c1-2-3-6-16-12-5-4-9(15)7-10(12)11(8-17)13(16)14/h4-5,7-8H,2-3,6H2,1H3. The van der Waals surface area contributed by atoms with E-state index in [2.05, 4.69) is 6.92 Å². The lowest BCUT2D eigenvalue weighted by molar-refractivity contribution is 0.112. The maximum Gasteiger partial charge on any atom is 0.153 e. The fourth-order valence-electron chi connectivity index (χ4n) is 1.97. The van der Waals surface area contributed by atoms with E-state index in [4.69, 9.17) is 11.6 Å². The summed E-state index contributed by atoms with van der Waals surface area (Å²) in [5.41, 5.74) is 1.18. The molecular formula is C13H13ClFNO.